The Morgan fingerprint density at radius 1 is 1.32 bits per heavy atom. The molecule has 2 nitrogen and oxygen atoms in total. The van der Waals surface area contributed by atoms with Gasteiger partial charge in [-0.3, -0.25) is 0 Å². The quantitative estimate of drug-likeness (QED) is 0.837. The second-order valence-corrected chi connectivity index (χ2v) is 6.84. The zero-order chi connectivity index (χ0) is 12.8. The van der Waals surface area contributed by atoms with Gasteiger partial charge < -0.3 is 5.32 Å². The van der Waals surface area contributed by atoms with Crippen molar-refractivity contribution in [2.24, 2.45) is 17.8 Å². The minimum absolute atomic E-state index is 0.750. The third kappa shape index (κ3) is 1.96. The molecule has 0 amide bonds. The first-order valence-electron chi connectivity index (χ1n) is 6.75. The molecule has 1 heterocycles. The normalized spacial score (nSPS) is 28.4. The molecule has 0 radical (unpaired) electrons. The summed E-state index contributed by atoms with van der Waals surface area (Å²) in [5.74, 6) is 2.34. The van der Waals surface area contributed by atoms with Crippen molar-refractivity contribution in [2.75, 3.05) is 11.9 Å². The van der Waals surface area contributed by atoms with E-state index in [0.717, 1.165) is 40.5 Å². The fourth-order valence-corrected chi connectivity index (χ4v) is 4.34. The highest BCUT2D eigenvalue weighted by molar-refractivity contribution is 7.16. The molecule has 1 fully saturated rings. The Bertz CT molecular complexity index is 649. The largest absolute Gasteiger partial charge is 0.382 e. The van der Waals surface area contributed by atoms with Gasteiger partial charge in [0, 0.05) is 6.54 Å². The van der Waals surface area contributed by atoms with Crippen LogP contribution >= 0.6 is 22.9 Å². The predicted molar refractivity (Wildman–Crippen MR) is 82.0 cm³/mol. The van der Waals surface area contributed by atoms with Crippen LogP contribution < -0.4 is 5.32 Å². The van der Waals surface area contributed by atoms with Crippen LogP contribution in [0, 0.1) is 17.8 Å². The fourth-order valence-electron chi connectivity index (χ4n) is 3.44. The highest BCUT2D eigenvalue weighted by atomic mass is 35.5. The fraction of sp³-hybridized carbons (Fsp3) is 0.400. The van der Waals surface area contributed by atoms with Crippen molar-refractivity contribution < 1.29 is 0 Å². The average molecular weight is 291 g/mol. The van der Waals surface area contributed by atoms with Gasteiger partial charge in [0.05, 0.1) is 20.9 Å². The zero-order valence-electron chi connectivity index (χ0n) is 10.5. The summed E-state index contributed by atoms with van der Waals surface area (Å²) < 4.78 is 1.19. The minimum atomic E-state index is 0.750. The first-order valence-corrected chi connectivity index (χ1v) is 8.01. The zero-order valence-corrected chi connectivity index (χ0v) is 12.0. The summed E-state index contributed by atoms with van der Waals surface area (Å²) in [5, 5.41) is 4.32. The van der Waals surface area contributed by atoms with Gasteiger partial charge in [0.25, 0.3) is 0 Å². The molecule has 2 aromatic rings. The van der Waals surface area contributed by atoms with Gasteiger partial charge in [-0.25, -0.2) is 4.98 Å². The number of halogens is 1. The maximum atomic E-state index is 6.31. The summed E-state index contributed by atoms with van der Waals surface area (Å²) in [6.07, 6.45) is 7.45. The molecule has 0 spiro atoms. The van der Waals surface area contributed by atoms with Gasteiger partial charge in [-0.1, -0.05) is 23.8 Å². The van der Waals surface area contributed by atoms with Crippen LogP contribution in [-0.4, -0.2) is 11.5 Å². The molecular weight excluding hydrogens is 276 g/mol. The number of allylic oxidation sites excluding steroid dienone is 2. The monoisotopic (exact) mass is 290 g/mol. The summed E-state index contributed by atoms with van der Waals surface area (Å²) in [6, 6.07) is 4.01. The summed E-state index contributed by atoms with van der Waals surface area (Å²) in [6.45, 7) is 1.00. The minimum Gasteiger partial charge on any atom is -0.382 e. The molecule has 4 heteroatoms. The predicted octanol–water partition coefficient (Wildman–Crippen LogP) is 4.57. The SMILES string of the molecule is Clc1ccc2scnc2c1NCC1CC2C=CC1C2. The number of anilines is 1. The highest BCUT2D eigenvalue weighted by Crippen LogP contribution is 2.43. The molecule has 3 atom stereocenters. The van der Waals surface area contributed by atoms with Crippen LogP contribution in [0.3, 0.4) is 0 Å². The molecule has 2 aliphatic rings. The molecule has 1 aromatic heterocycles. The van der Waals surface area contributed by atoms with Gasteiger partial charge in [-0.05, 0) is 42.7 Å². The Labute approximate surface area is 121 Å². The van der Waals surface area contributed by atoms with Crippen LogP contribution in [-0.2, 0) is 0 Å². The van der Waals surface area contributed by atoms with Gasteiger partial charge in [-0.2, -0.15) is 0 Å². The Morgan fingerprint density at radius 3 is 3.05 bits per heavy atom. The lowest BCUT2D eigenvalue weighted by Gasteiger charge is -2.19. The molecule has 1 N–H and O–H groups in total. The lowest BCUT2D eigenvalue weighted by atomic mass is 9.93. The first-order chi connectivity index (χ1) is 9.31. The van der Waals surface area contributed by atoms with Crippen molar-refractivity contribution in [3.05, 3.63) is 34.8 Å². The Kier molecular flexibility index (Phi) is 2.78. The van der Waals surface area contributed by atoms with E-state index in [1.165, 1.54) is 17.5 Å². The van der Waals surface area contributed by atoms with Gasteiger partial charge in [0.1, 0.15) is 5.52 Å². The summed E-state index contributed by atoms with van der Waals surface area (Å²) in [5.41, 5.74) is 3.90. The second-order valence-electron chi connectivity index (χ2n) is 5.54. The topological polar surface area (TPSA) is 24.9 Å². The van der Waals surface area contributed by atoms with Gasteiger partial charge >= 0.3 is 0 Å². The van der Waals surface area contributed by atoms with E-state index in [4.69, 9.17) is 11.6 Å². The molecular formula is C15H15ClN2S. The van der Waals surface area contributed by atoms with Crippen LogP contribution in [0.15, 0.2) is 29.8 Å². The van der Waals surface area contributed by atoms with Crippen molar-refractivity contribution in [2.45, 2.75) is 12.8 Å². The molecule has 0 saturated heterocycles. The molecule has 0 aliphatic heterocycles. The maximum Gasteiger partial charge on any atom is 0.106 e. The van der Waals surface area contributed by atoms with Crippen LogP contribution in [0.25, 0.3) is 10.2 Å². The number of aromatic nitrogens is 1. The third-order valence-corrected chi connectivity index (χ3v) is 5.52. The molecule has 1 aromatic carbocycles. The molecule has 98 valence electrons. The molecule has 19 heavy (non-hydrogen) atoms. The summed E-state index contributed by atoms with van der Waals surface area (Å²) in [4.78, 5) is 4.43. The second kappa shape index (κ2) is 4.50. The highest BCUT2D eigenvalue weighted by Gasteiger charge is 2.35. The van der Waals surface area contributed by atoms with Crippen LogP contribution in [0.5, 0.6) is 0 Å². The Balaban J connectivity index is 1.57. The van der Waals surface area contributed by atoms with E-state index in [-0.39, 0.29) is 0 Å². The third-order valence-electron chi connectivity index (χ3n) is 4.41. The molecule has 4 rings (SSSR count). The first kappa shape index (κ1) is 11.7. The van der Waals surface area contributed by atoms with E-state index in [2.05, 4.69) is 22.5 Å². The number of hydrogen-bond donors (Lipinski definition) is 1. The van der Waals surface area contributed by atoms with E-state index >= 15 is 0 Å². The summed E-state index contributed by atoms with van der Waals surface area (Å²) >= 11 is 7.97. The number of hydrogen-bond acceptors (Lipinski definition) is 3. The van der Waals surface area contributed by atoms with E-state index in [9.17, 15) is 0 Å². The van der Waals surface area contributed by atoms with Crippen LogP contribution in [0.4, 0.5) is 5.69 Å². The van der Waals surface area contributed by atoms with Crippen LogP contribution in [0.2, 0.25) is 5.02 Å². The Hall–Kier alpha value is -1.06. The number of nitrogens with one attached hydrogen (secondary N) is 1. The number of rotatable bonds is 3. The van der Waals surface area contributed by atoms with Crippen LogP contribution in [0.1, 0.15) is 12.8 Å². The molecule has 2 aliphatic carbocycles. The van der Waals surface area contributed by atoms with Gasteiger partial charge in [0.15, 0.2) is 0 Å². The van der Waals surface area contributed by atoms with Crippen molar-refractivity contribution in [3.63, 3.8) is 0 Å². The number of thiazole rings is 1. The molecule has 1 saturated carbocycles. The van der Waals surface area contributed by atoms with Gasteiger partial charge in [-0.15, -0.1) is 11.3 Å². The smallest absolute Gasteiger partial charge is 0.106 e. The van der Waals surface area contributed by atoms with Crippen molar-refractivity contribution in [3.8, 4) is 0 Å². The van der Waals surface area contributed by atoms with Crippen molar-refractivity contribution in [1.29, 1.82) is 0 Å². The van der Waals surface area contributed by atoms with E-state index in [0.29, 0.717) is 0 Å². The molecule has 2 bridgehead atoms. The lowest BCUT2D eigenvalue weighted by Crippen LogP contribution is -2.18. The van der Waals surface area contributed by atoms with E-state index in [1.807, 2.05) is 17.6 Å². The van der Waals surface area contributed by atoms with Gasteiger partial charge in [0.2, 0.25) is 0 Å². The van der Waals surface area contributed by atoms with E-state index in [1.54, 1.807) is 11.3 Å². The maximum absolute atomic E-state index is 6.31. The number of fused-ring (bicyclic) bond motifs is 3. The van der Waals surface area contributed by atoms with Crippen molar-refractivity contribution in [1.82, 2.24) is 4.98 Å². The summed E-state index contributed by atoms with van der Waals surface area (Å²) in [7, 11) is 0. The lowest BCUT2D eigenvalue weighted by molar-refractivity contribution is 0.472. The molecule has 3 unspecified atom stereocenters. The Morgan fingerprint density at radius 2 is 2.26 bits per heavy atom. The average Bonchev–Trinajstić information content (AvgIpc) is 3.12. The van der Waals surface area contributed by atoms with Crippen molar-refractivity contribution >= 4 is 38.8 Å². The number of benzene rings is 1. The number of nitrogens with zero attached hydrogens (tertiary/aromatic N) is 1. The van der Waals surface area contributed by atoms with E-state index < -0.39 is 0 Å². The standard InChI is InChI=1S/C15H15ClN2S/c16-12-3-4-13-15(18-8-19-13)14(12)17-7-11-6-9-1-2-10(11)5-9/h1-4,8-11,17H,5-7H2.